The Kier molecular flexibility index (Phi) is 4.76. The molecular weight excluding hydrogens is 344 g/mol. The van der Waals surface area contributed by atoms with Gasteiger partial charge in [0.1, 0.15) is 0 Å². The molecule has 0 fully saturated rings. The predicted molar refractivity (Wildman–Crippen MR) is 70.3 cm³/mol. The van der Waals surface area contributed by atoms with Crippen LogP contribution in [0.3, 0.4) is 0 Å². The third kappa shape index (κ3) is 3.03. The highest BCUT2D eigenvalue weighted by molar-refractivity contribution is 9.12. The zero-order chi connectivity index (χ0) is 11.6. The molecule has 0 radical (unpaired) electrons. The van der Waals surface area contributed by atoms with Crippen LogP contribution in [0.15, 0.2) is 13.6 Å². The first-order chi connectivity index (χ1) is 6.97. The van der Waals surface area contributed by atoms with Crippen molar-refractivity contribution < 1.29 is 4.79 Å². The minimum Gasteiger partial charge on any atom is -0.338 e. The third-order valence-corrected chi connectivity index (χ3v) is 4.55. The van der Waals surface area contributed by atoms with Gasteiger partial charge in [-0.05, 0) is 44.8 Å². The van der Waals surface area contributed by atoms with E-state index in [2.05, 4.69) is 31.9 Å². The molecule has 2 N–H and O–H groups in total. The predicted octanol–water partition coefficient (Wildman–Crippen LogP) is 2.69. The Hall–Kier alpha value is 0.0900. The van der Waals surface area contributed by atoms with Gasteiger partial charge in [-0.1, -0.05) is 0 Å². The van der Waals surface area contributed by atoms with Crippen LogP contribution >= 0.6 is 43.2 Å². The summed E-state index contributed by atoms with van der Waals surface area (Å²) in [4.78, 5) is 13.7. The maximum absolute atomic E-state index is 12.0. The first kappa shape index (κ1) is 13.2. The fourth-order valence-electron chi connectivity index (χ4n) is 1.03. The third-order valence-electron chi connectivity index (χ3n) is 2.21. The summed E-state index contributed by atoms with van der Waals surface area (Å²) in [6, 6.07) is 1.86. The van der Waals surface area contributed by atoms with Crippen LogP contribution in [0, 0.1) is 0 Å². The van der Waals surface area contributed by atoms with E-state index < -0.39 is 0 Å². The average molecular weight is 356 g/mol. The monoisotopic (exact) mass is 354 g/mol. The van der Waals surface area contributed by atoms with Crippen LogP contribution < -0.4 is 5.73 Å². The fourth-order valence-corrected chi connectivity index (χ4v) is 3.81. The molecule has 1 rings (SSSR count). The summed E-state index contributed by atoms with van der Waals surface area (Å²) in [5.74, 6) is -0.0122. The molecule has 0 aromatic carbocycles. The number of hydrogen-bond acceptors (Lipinski definition) is 3. The summed E-state index contributed by atoms with van der Waals surface area (Å²) in [5.41, 5.74) is 6.20. The van der Waals surface area contributed by atoms with Crippen LogP contribution in [-0.4, -0.2) is 30.4 Å². The standard InChI is InChI=1S/C9H12Br2N2OS/c1-5(4-12)13(2)9(14)6-3-7(10)15-8(6)11/h3,5H,4,12H2,1-2H3. The number of carbonyl (C=O) groups excluding carboxylic acids is 1. The van der Waals surface area contributed by atoms with Crippen molar-refractivity contribution in [1.29, 1.82) is 0 Å². The highest BCUT2D eigenvalue weighted by Crippen LogP contribution is 2.32. The Morgan fingerprint density at radius 1 is 1.67 bits per heavy atom. The van der Waals surface area contributed by atoms with Gasteiger partial charge in [-0.3, -0.25) is 4.79 Å². The van der Waals surface area contributed by atoms with Gasteiger partial charge < -0.3 is 10.6 Å². The van der Waals surface area contributed by atoms with E-state index in [1.54, 1.807) is 11.9 Å². The summed E-state index contributed by atoms with van der Waals surface area (Å²) >= 11 is 8.20. The van der Waals surface area contributed by atoms with Gasteiger partial charge in [0.2, 0.25) is 0 Å². The molecule has 84 valence electrons. The van der Waals surface area contributed by atoms with Crippen LogP contribution in [0.2, 0.25) is 0 Å². The number of carbonyl (C=O) groups is 1. The van der Waals surface area contributed by atoms with Crippen LogP contribution in [-0.2, 0) is 0 Å². The second-order valence-corrected chi connectivity index (χ2v) is 6.99. The Bertz CT molecular complexity index is 367. The van der Waals surface area contributed by atoms with Gasteiger partial charge in [0.05, 0.1) is 13.1 Å². The van der Waals surface area contributed by atoms with E-state index in [9.17, 15) is 4.79 Å². The van der Waals surface area contributed by atoms with Gasteiger partial charge in [0.25, 0.3) is 5.91 Å². The molecule has 1 aromatic heterocycles. The normalized spacial score (nSPS) is 12.6. The largest absolute Gasteiger partial charge is 0.338 e. The van der Waals surface area contributed by atoms with Gasteiger partial charge in [0, 0.05) is 19.6 Å². The molecule has 1 amide bonds. The highest BCUT2D eigenvalue weighted by Gasteiger charge is 2.20. The van der Waals surface area contributed by atoms with Crippen molar-refractivity contribution in [2.75, 3.05) is 13.6 Å². The molecule has 0 bridgehead atoms. The van der Waals surface area contributed by atoms with E-state index >= 15 is 0 Å². The quantitative estimate of drug-likeness (QED) is 0.906. The Balaban J connectivity index is 2.89. The molecule has 0 saturated heterocycles. The number of hydrogen-bond donors (Lipinski definition) is 1. The van der Waals surface area contributed by atoms with E-state index in [-0.39, 0.29) is 11.9 Å². The zero-order valence-electron chi connectivity index (χ0n) is 8.46. The molecule has 3 nitrogen and oxygen atoms in total. The molecule has 1 atom stereocenters. The SMILES string of the molecule is CC(CN)N(C)C(=O)c1cc(Br)sc1Br. The first-order valence-corrected chi connectivity index (χ1v) is 6.79. The van der Waals surface area contributed by atoms with Gasteiger partial charge in [-0.15, -0.1) is 11.3 Å². The topological polar surface area (TPSA) is 46.3 Å². The smallest absolute Gasteiger partial charge is 0.255 e. The van der Waals surface area contributed by atoms with Crippen molar-refractivity contribution in [2.45, 2.75) is 13.0 Å². The van der Waals surface area contributed by atoms with Crippen molar-refractivity contribution in [1.82, 2.24) is 4.90 Å². The molecule has 6 heteroatoms. The van der Waals surface area contributed by atoms with Gasteiger partial charge in [-0.25, -0.2) is 0 Å². The summed E-state index contributed by atoms with van der Waals surface area (Å²) in [7, 11) is 1.76. The van der Waals surface area contributed by atoms with Gasteiger partial charge >= 0.3 is 0 Å². The molecule has 15 heavy (non-hydrogen) atoms. The number of rotatable bonds is 3. The number of thiophene rings is 1. The van der Waals surface area contributed by atoms with E-state index in [1.807, 2.05) is 13.0 Å². The first-order valence-electron chi connectivity index (χ1n) is 4.39. The van der Waals surface area contributed by atoms with Crippen LogP contribution in [0.1, 0.15) is 17.3 Å². The molecule has 1 heterocycles. The van der Waals surface area contributed by atoms with Crippen molar-refractivity contribution in [3.05, 3.63) is 19.2 Å². The van der Waals surface area contributed by atoms with E-state index in [4.69, 9.17) is 5.73 Å². The lowest BCUT2D eigenvalue weighted by atomic mass is 10.2. The average Bonchev–Trinajstić information content (AvgIpc) is 2.54. The molecule has 0 aliphatic heterocycles. The molecule has 0 saturated carbocycles. The number of likely N-dealkylation sites (N-methyl/N-ethyl adjacent to an activating group) is 1. The minimum absolute atomic E-state index is 0.0122. The van der Waals surface area contributed by atoms with Crippen molar-refractivity contribution in [3.63, 3.8) is 0 Å². The summed E-state index contributed by atoms with van der Waals surface area (Å²) < 4.78 is 1.78. The molecule has 1 aromatic rings. The van der Waals surface area contributed by atoms with Crippen molar-refractivity contribution in [2.24, 2.45) is 5.73 Å². The Labute approximate surface area is 110 Å². The molecular formula is C9H12Br2N2OS. The molecule has 1 unspecified atom stereocenters. The van der Waals surface area contributed by atoms with Crippen LogP contribution in [0.5, 0.6) is 0 Å². The second kappa shape index (κ2) is 5.43. The maximum atomic E-state index is 12.0. The van der Waals surface area contributed by atoms with E-state index in [0.717, 1.165) is 7.57 Å². The molecule has 0 aliphatic carbocycles. The van der Waals surface area contributed by atoms with Crippen LogP contribution in [0.25, 0.3) is 0 Å². The lowest BCUT2D eigenvalue weighted by Gasteiger charge is -2.23. The van der Waals surface area contributed by atoms with Gasteiger partial charge in [0.15, 0.2) is 0 Å². The zero-order valence-corrected chi connectivity index (χ0v) is 12.4. The second-order valence-electron chi connectivity index (χ2n) is 3.24. The Morgan fingerprint density at radius 3 is 2.67 bits per heavy atom. The van der Waals surface area contributed by atoms with E-state index in [1.165, 1.54) is 11.3 Å². The number of amides is 1. The van der Waals surface area contributed by atoms with Gasteiger partial charge in [-0.2, -0.15) is 0 Å². The summed E-state index contributed by atoms with van der Waals surface area (Å²) in [6.45, 7) is 2.39. The molecule has 0 aliphatic rings. The number of nitrogens with zero attached hydrogens (tertiary/aromatic N) is 1. The van der Waals surface area contributed by atoms with Crippen molar-refractivity contribution in [3.8, 4) is 0 Å². The Morgan fingerprint density at radius 2 is 2.27 bits per heavy atom. The van der Waals surface area contributed by atoms with Crippen LogP contribution in [0.4, 0.5) is 0 Å². The lowest BCUT2D eigenvalue weighted by molar-refractivity contribution is 0.0748. The maximum Gasteiger partial charge on any atom is 0.255 e. The summed E-state index contributed by atoms with van der Waals surface area (Å²) in [5, 5.41) is 0. The van der Waals surface area contributed by atoms with Crippen molar-refractivity contribution >= 4 is 49.1 Å². The number of nitrogens with two attached hydrogens (primary N) is 1. The fraction of sp³-hybridized carbons (Fsp3) is 0.444. The lowest BCUT2D eigenvalue weighted by Crippen LogP contribution is -2.39. The van der Waals surface area contributed by atoms with E-state index in [0.29, 0.717) is 12.1 Å². The summed E-state index contributed by atoms with van der Waals surface area (Å²) in [6.07, 6.45) is 0. The number of halogens is 2. The minimum atomic E-state index is -0.0122. The molecule has 0 spiro atoms. The highest BCUT2D eigenvalue weighted by atomic mass is 79.9.